The molecule has 1 unspecified atom stereocenters. The lowest BCUT2D eigenvalue weighted by molar-refractivity contribution is -0.123. The fourth-order valence-electron chi connectivity index (χ4n) is 1.98. The molecule has 1 aliphatic rings. The maximum absolute atomic E-state index is 11.7. The van der Waals surface area contributed by atoms with Crippen LogP contribution in [0.1, 0.15) is 24.2 Å². The molecule has 1 amide bonds. The van der Waals surface area contributed by atoms with Crippen LogP contribution < -0.4 is 21.9 Å². The molecule has 98 valence electrons. The summed E-state index contributed by atoms with van der Waals surface area (Å²) in [6, 6.07) is -0.239. The minimum absolute atomic E-state index is 0.0131. The molecular weight excluding hydrogens is 232 g/mol. The summed E-state index contributed by atoms with van der Waals surface area (Å²) >= 11 is 0. The Hall–Kier alpha value is -1.89. The Balaban J connectivity index is 2.22. The predicted octanol–water partition coefficient (Wildman–Crippen LogP) is 0.0695. The standard InChI is InChI=1S/C11H18N6O/c1-6-9(14-7(2)15-10(6)17-12)16-8-4-3-5-13-11(8)18/h8H,3-5,12H2,1-2H3,(H,13,18)(H2,14,15,16,17). The Morgan fingerprint density at radius 3 is 2.72 bits per heavy atom. The van der Waals surface area contributed by atoms with Crippen LogP contribution in [-0.2, 0) is 4.79 Å². The van der Waals surface area contributed by atoms with Gasteiger partial charge in [-0.25, -0.2) is 15.8 Å². The average Bonchev–Trinajstić information content (AvgIpc) is 2.36. The first kappa shape index (κ1) is 12.6. The molecule has 1 aliphatic heterocycles. The van der Waals surface area contributed by atoms with Gasteiger partial charge in [0, 0.05) is 12.1 Å². The third-order valence-corrected chi connectivity index (χ3v) is 2.99. The Labute approximate surface area is 106 Å². The number of hydrogen-bond acceptors (Lipinski definition) is 6. The number of rotatable bonds is 3. The number of nitrogens with zero attached hydrogens (tertiary/aromatic N) is 2. The minimum Gasteiger partial charge on any atom is -0.358 e. The molecule has 2 heterocycles. The first-order chi connectivity index (χ1) is 8.61. The van der Waals surface area contributed by atoms with Gasteiger partial charge in [0.05, 0.1) is 0 Å². The monoisotopic (exact) mass is 250 g/mol. The van der Waals surface area contributed by atoms with Crippen molar-refractivity contribution in [3.8, 4) is 0 Å². The number of nitrogen functional groups attached to an aromatic ring is 1. The SMILES string of the molecule is Cc1nc(NN)c(C)c(NC2CCCNC2=O)n1. The summed E-state index contributed by atoms with van der Waals surface area (Å²) in [5.74, 6) is 7.24. The molecule has 0 radical (unpaired) electrons. The van der Waals surface area contributed by atoms with Gasteiger partial charge in [-0.1, -0.05) is 0 Å². The lowest BCUT2D eigenvalue weighted by Crippen LogP contribution is -2.44. The normalized spacial score (nSPS) is 19.3. The Morgan fingerprint density at radius 1 is 1.33 bits per heavy atom. The van der Waals surface area contributed by atoms with Crippen molar-refractivity contribution in [3.63, 3.8) is 0 Å². The van der Waals surface area contributed by atoms with E-state index in [1.807, 2.05) is 6.92 Å². The number of carbonyl (C=O) groups is 1. The van der Waals surface area contributed by atoms with Gasteiger partial charge in [0.2, 0.25) is 5.91 Å². The summed E-state index contributed by atoms with van der Waals surface area (Å²) in [6.07, 6.45) is 1.77. The smallest absolute Gasteiger partial charge is 0.242 e. The van der Waals surface area contributed by atoms with E-state index in [0.29, 0.717) is 17.5 Å². The number of anilines is 2. The van der Waals surface area contributed by atoms with Crippen molar-refractivity contribution in [1.29, 1.82) is 0 Å². The summed E-state index contributed by atoms with van der Waals surface area (Å²) < 4.78 is 0. The summed E-state index contributed by atoms with van der Waals surface area (Å²) in [6.45, 7) is 4.39. The van der Waals surface area contributed by atoms with E-state index in [4.69, 9.17) is 5.84 Å². The average molecular weight is 250 g/mol. The van der Waals surface area contributed by atoms with Gasteiger partial charge >= 0.3 is 0 Å². The highest BCUT2D eigenvalue weighted by molar-refractivity contribution is 5.85. The van der Waals surface area contributed by atoms with Crippen molar-refractivity contribution in [3.05, 3.63) is 11.4 Å². The van der Waals surface area contributed by atoms with E-state index < -0.39 is 0 Å². The van der Waals surface area contributed by atoms with Gasteiger partial charge in [0.25, 0.3) is 0 Å². The van der Waals surface area contributed by atoms with Crippen molar-refractivity contribution in [2.75, 3.05) is 17.3 Å². The summed E-state index contributed by atoms with van der Waals surface area (Å²) in [4.78, 5) is 20.2. The molecule has 0 bridgehead atoms. The first-order valence-corrected chi connectivity index (χ1v) is 5.98. The molecular formula is C11H18N6O. The van der Waals surface area contributed by atoms with Gasteiger partial charge in [-0.05, 0) is 26.7 Å². The molecule has 0 spiro atoms. The summed E-state index contributed by atoms with van der Waals surface area (Å²) in [7, 11) is 0. The highest BCUT2D eigenvalue weighted by Crippen LogP contribution is 2.21. The second-order valence-corrected chi connectivity index (χ2v) is 4.37. The molecule has 0 aromatic carbocycles. The van der Waals surface area contributed by atoms with Crippen LogP contribution in [0.25, 0.3) is 0 Å². The number of aromatic nitrogens is 2. The van der Waals surface area contributed by atoms with E-state index in [1.54, 1.807) is 6.92 Å². The van der Waals surface area contributed by atoms with E-state index >= 15 is 0 Å². The van der Waals surface area contributed by atoms with Crippen LogP contribution in [0.15, 0.2) is 0 Å². The molecule has 5 N–H and O–H groups in total. The van der Waals surface area contributed by atoms with Crippen molar-refractivity contribution in [2.24, 2.45) is 5.84 Å². The number of aryl methyl sites for hydroxylation is 1. The van der Waals surface area contributed by atoms with Gasteiger partial charge in [0.15, 0.2) is 0 Å². The maximum atomic E-state index is 11.7. The fraction of sp³-hybridized carbons (Fsp3) is 0.545. The highest BCUT2D eigenvalue weighted by atomic mass is 16.2. The zero-order chi connectivity index (χ0) is 13.1. The van der Waals surface area contributed by atoms with Crippen LogP contribution in [0, 0.1) is 13.8 Å². The number of hydrogen-bond donors (Lipinski definition) is 4. The van der Waals surface area contributed by atoms with E-state index in [-0.39, 0.29) is 11.9 Å². The molecule has 0 aliphatic carbocycles. The van der Waals surface area contributed by atoms with Crippen LogP contribution in [0.2, 0.25) is 0 Å². The van der Waals surface area contributed by atoms with Crippen LogP contribution >= 0.6 is 0 Å². The molecule has 1 saturated heterocycles. The Bertz CT molecular complexity index is 461. The molecule has 1 aromatic rings. The third kappa shape index (κ3) is 2.51. The summed E-state index contributed by atoms with van der Waals surface area (Å²) in [5, 5.41) is 5.99. The molecule has 7 nitrogen and oxygen atoms in total. The zero-order valence-electron chi connectivity index (χ0n) is 10.6. The van der Waals surface area contributed by atoms with Crippen molar-refractivity contribution >= 4 is 17.5 Å². The second kappa shape index (κ2) is 5.18. The number of piperidine rings is 1. The van der Waals surface area contributed by atoms with Gasteiger partial charge < -0.3 is 16.1 Å². The molecule has 1 atom stereocenters. The van der Waals surface area contributed by atoms with Gasteiger partial charge in [-0.2, -0.15) is 0 Å². The van der Waals surface area contributed by atoms with Crippen LogP contribution in [0.5, 0.6) is 0 Å². The Morgan fingerprint density at radius 2 is 2.06 bits per heavy atom. The van der Waals surface area contributed by atoms with Crippen molar-refractivity contribution in [1.82, 2.24) is 15.3 Å². The van der Waals surface area contributed by atoms with Crippen LogP contribution in [0.4, 0.5) is 11.6 Å². The van der Waals surface area contributed by atoms with E-state index in [9.17, 15) is 4.79 Å². The van der Waals surface area contributed by atoms with E-state index in [2.05, 4.69) is 26.0 Å². The zero-order valence-corrected chi connectivity index (χ0v) is 10.6. The third-order valence-electron chi connectivity index (χ3n) is 2.99. The number of nitrogens with one attached hydrogen (secondary N) is 3. The molecule has 7 heteroatoms. The van der Waals surface area contributed by atoms with Crippen LogP contribution in [0.3, 0.4) is 0 Å². The largest absolute Gasteiger partial charge is 0.358 e. The topological polar surface area (TPSA) is 105 Å². The second-order valence-electron chi connectivity index (χ2n) is 4.37. The van der Waals surface area contributed by atoms with Crippen molar-refractivity contribution < 1.29 is 4.79 Å². The molecule has 18 heavy (non-hydrogen) atoms. The van der Waals surface area contributed by atoms with Gasteiger partial charge in [0.1, 0.15) is 23.5 Å². The summed E-state index contributed by atoms with van der Waals surface area (Å²) in [5.41, 5.74) is 3.34. The Kier molecular flexibility index (Phi) is 3.61. The van der Waals surface area contributed by atoms with Gasteiger partial charge in [-0.15, -0.1) is 0 Å². The minimum atomic E-state index is -0.239. The quantitative estimate of drug-likeness (QED) is 0.447. The molecule has 1 fully saturated rings. The number of hydrazine groups is 1. The fourth-order valence-corrected chi connectivity index (χ4v) is 1.98. The van der Waals surface area contributed by atoms with Crippen LogP contribution in [-0.4, -0.2) is 28.5 Å². The highest BCUT2D eigenvalue weighted by Gasteiger charge is 2.23. The van der Waals surface area contributed by atoms with E-state index in [1.165, 1.54) is 0 Å². The van der Waals surface area contributed by atoms with Gasteiger partial charge in [-0.3, -0.25) is 4.79 Å². The lowest BCUT2D eigenvalue weighted by Gasteiger charge is -2.24. The number of nitrogens with two attached hydrogens (primary N) is 1. The molecule has 2 rings (SSSR count). The lowest BCUT2D eigenvalue weighted by atomic mass is 10.1. The van der Waals surface area contributed by atoms with E-state index in [0.717, 1.165) is 24.9 Å². The number of amides is 1. The van der Waals surface area contributed by atoms with Crippen molar-refractivity contribution in [2.45, 2.75) is 32.7 Å². The number of carbonyl (C=O) groups excluding carboxylic acids is 1. The molecule has 0 saturated carbocycles. The molecule has 1 aromatic heterocycles. The maximum Gasteiger partial charge on any atom is 0.242 e. The predicted molar refractivity (Wildman–Crippen MR) is 69.0 cm³/mol. The first-order valence-electron chi connectivity index (χ1n) is 5.98.